The molecule has 0 fully saturated rings. The highest BCUT2D eigenvalue weighted by Gasteiger charge is 2.17. The molecule has 0 bridgehead atoms. The predicted octanol–water partition coefficient (Wildman–Crippen LogP) is 3.60. The number of halogens is 1. The maximum absolute atomic E-state index is 12.5. The van der Waals surface area contributed by atoms with Crippen LogP contribution in [0.3, 0.4) is 0 Å². The van der Waals surface area contributed by atoms with Crippen molar-refractivity contribution in [2.45, 2.75) is 0 Å². The van der Waals surface area contributed by atoms with Crippen LogP contribution in [0.15, 0.2) is 42.5 Å². The summed E-state index contributed by atoms with van der Waals surface area (Å²) in [5.41, 5.74) is 0.921. The van der Waals surface area contributed by atoms with Gasteiger partial charge >= 0.3 is 0 Å². The zero-order valence-corrected chi connectivity index (χ0v) is 13.0. The summed E-state index contributed by atoms with van der Waals surface area (Å²) in [7, 11) is 0. The Morgan fingerprint density at radius 3 is 2.30 bits per heavy atom. The zero-order chi connectivity index (χ0) is 16.7. The van der Waals surface area contributed by atoms with Crippen molar-refractivity contribution in [1.82, 2.24) is 0 Å². The maximum Gasteiger partial charge on any atom is 0.193 e. The van der Waals surface area contributed by atoms with Gasteiger partial charge in [-0.15, -0.1) is 12.8 Å². The van der Waals surface area contributed by atoms with E-state index in [0.29, 0.717) is 11.1 Å². The van der Waals surface area contributed by atoms with E-state index >= 15 is 0 Å². The van der Waals surface area contributed by atoms with Gasteiger partial charge in [-0.3, -0.25) is 4.79 Å². The average molecular weight is 325 g/mol. The molecule has 0 radical (unpaired) electrons. The smallest absolute Gasteiger partial charge is 0.193 e. The monoisotopic (exact) mass is 324 g/mol. The van der Waals surface area contributed by atoms with Crippen molar-refractivity contribution < 1.29 is 14.3 Å². The third-order valence-corrected chi connectivity index (χ3v) is 3.20. The minimum atomic E-state index is -0.179. The second kappa shape index (κ2) is 7.94. The van der Waals surface area contributed by atoms with Crippen molar-refractivity contribution in [2.75, 3.05) is 13.2 Å². The topological polar surface area (TPSA) is 35.5 Å². The lowest BCUT2D eigenvalue weighted by Crippen LogP contribution is -2.05. The Morgan fingerprint density at radius 2 is 1.65 bits per heavy atom. The van der Waals surface area contributed by atoms with E-state index in [4.69, 9.17) is 33.9 Å². The Bertz CT molecular complexity index is 783. The predicted molar refractivity (Wildman–Crippen MR) is 90.0 cm³/mol. The summed E-state index contributed by atoms with van der Waals surface area (Å²) in [6.07, 6.45) is 10.4. The highest BCUT2D eigenvalue weighted by Crippen LogP contribution is 2.37. The number of hydrogen-bond donors (Lipinski definition) is 0. The van der Waals surface area contributed by atoms with Crippen LogP contribution in [0, 0.1) is 24.7 Å². The second-order valence-electron chi connectivity index (χ2n) is 4.47. The van der Waals surface area contributed by atoms with E-state index in [0.717, 1.165) is 0 Å². The molecule has 0 saturated carbocycles. The van der Waals surface area contributed by atoms with Gasteiger partial charge in [-0.1, -0.05) is 53.8 Å². The van der Waals surface area contributed by atoms with E-state index < -0.39 is 0 Å². The van der Waals surface area contributed by atoms with E-state index in [1.54, 1.807) is 30.3 Å². The maximum atomic E-state index is 12.5. The van der Waals surface area contributed by atoms with Gasteiger partial charge in [0.1, 0.15) is 13.2 Å². The fourth-order valence-electron chi connectivity index (χ4n) is 1.94. The van der Waals surface area contributed by atoms with Crippen LogP contribution in [0.5, 0.6) is 11.5 Å². The summed E-state index contributed by atoms with van der Waals surface area (Å²) >= 11 is 6.20. The Hall–Kier alpha value is -2.88. The molecule has 23 heavy (non-hydrogen) atoms. The molecule has 0 unspecified atom stereocenters. The molecule has 114 valence electrons. The lowest BCUT2D eigenvalue weighted by atomic mass is 10.0. The van der Waals surface area contributed by atoms with E-state index in [1.165, 1.54) is 6.07 Å². The summed E-state index contributed by atoms with van der Waals surface area (Å²) < 4.78 is 10.8. The van der Waals surface area contributed by atoms with E-state index in [9.17, 15) is 4.79 Å². The highest BCUT2D eigenvalue weighted by atomic mass is 35.5. The van der Waals surface area contributed by atoms with Crippen molar-refractivity contribution in [3.63, 3.8) is 0 Å². The fraction of sp³-hybridized carbons (Fsp3) is 0.105. The van der Waals surface area contributed by atoms with Gasteiger partial charge in [0.25, 0.3) is 0 Å². The van der Waals surface area contributed by atoms with Crippen LogP contribution < -0.4 is 9.47 Å². The molecular formula is C19H13ClO3. The Kier molecular flexibility index (Phi) is 5.69. The van der Waals surface area contributed by atoms with Gasteiger partial charge in [0.15, 0.2) is 17.3 Å². The quantitative estimate of drug-likeness (QED) is 0.601. The van der Waals surface area contributed by atoms with E-state index in [-0.39, 0.29) is 35.5 Å². The van der Waals surface area contributed by atoms with Crippen molar-refractivity contribution in [1.29, 1.82) is 0 Å². The van der Waals surface area contributed by atoms with Crippen LogP contribution in [0.25, 0.3) is 0 Å². The average Bonchev–Trinajstić information content (AvgIpc) is 2.58. The first-order valence-corrected chi connectivity index (χ1v) is 7.11. The zero-order valence-electron chi connectivity index (χ0n) is 12.2. The van der Waals surface area contributed by atoms with Crippen LogP contribution in [0.1, 0.15) is 15.9 Å². The molecule has 0 spiro atoms. The van der Waals surface area contributed by atoms with Crippen molar-refractivity contribution in [3.05, 3.63) is 58.6 Å². The molecule has 0 N–H and O–H groups in total. The highest BCUT2D eigenvalue weighted by molar-refractivity contribution is 6.33. The van der Waals surface area contributed by atoms with E-state index in [1.807, 2.05) is 6.07 Å². The largest absolute Gasteiger partial charge is 0.477 e. The molecule has 0 aliphatic rings. The van der Waals surface area contributed by atoms with Gasteiger partial charge in [-0.05, 0) is 12.1 Å². The van der Waals surface area contributed by atoms with E-state index in [2.05, 4.69) is 11.8 Å². The Balaban J connectivity index is 2.42. The number of benzene rings is 2. The van der Waals surface area contributed by atoms with Gasteiger partial charge in [0.2, 0.25) is 0 Å². The molecule has 0 atom stereocenters. The SMILES string of the molecule is C#CCOc1cc(C(=O)c2ccccc2)cc(Cl)c1OCC#C. The van der Waals surface area contributed by atoms with Gasteiger partial charge in [0.05, 0.1) is 5.02 Å². The first-order chi connectivity index (χ1) is 11.2. The first kappa shape index (κ1) is 16.5. The number of terminal acetylenes is 2. The molecule has 2 rings (SSSR count). The molecule has 0 aromatic heterocycles. The van der Waals surface area contributed by atoms with Crippen molar-refractivity contribution in [3.8, 4) is 36.2 Å². The minimum absolute atomic E-state index is 0.0196. The molecule has 2 aromatic rings. The summed E-state index contributed by atoms with van der Waals surface area (Å²) in [5.74, 6) is 5.07. The van der Waals surface area contributed by atoms with Gasteiger partial charge < -0.3 is 9.47 Å². The van der Waals surface area contributed by atoms with Crippen LogP contribution in [-0.2, 0) is 0 Å². The molecule has 4 heteroatoms. The lowest BCUT2D eigenvalue weighted by Gasteiger charge is -2.13. The summed E-state index contributed by atoms with van der Waals surface area (Å²) in [4.78, 5) is 12.5. The Morgan fingerprint density at radius 1 is 1.00 bits per heavy atom. The standard InChI is InChI=1S/C19H13ClO3/c1-3-10-22-17-13-15(12-16(20)19(17)23-11-4-2)18(21)14-8-6-5-7-9-14/h1-2,5-9,12-13H,10-11H2. The van der Waals surface area contributed by atoms with Crippen LogP contribution >= 0.6 is 11.6 Å². The third-order valence-electron chi connectivity index (χ3n) is 2.92. The molecule has 2 aromatic carbocycles. The Labute approximate surface area is 140 Å². The fourth-order valence-corrected chi connectivity index (χ4v) is 2.20. The number of hydrogen-bond acceptors (Lipinski definition) is 3. The first-order valence-electron chi connectivity index (χ1n) is 6.73. The van der Waals surface area contributed by atoms with Gasteiger partial charge in [-0.25, -0.2) is 0 Å². The summed E-state index contributed by atoms with van der Waals surface area (Å²) in [5, 5.41) is 0.231. The second-order valence-corrected chi connectivity index (χ2v) is 4.87. The molecular weight excluding hydrogens is 312 g/mol. The normalized spacial score (nSPS) is 9.52. The number of carbonyl (C=O) groups is 1. The molecule has 0 aliphatic carbocycles. The number of ether oxygens (including phenoxy) is 2. The van der Waals surface area contributed by atoms with Crippen LogP contribution in [0.2, 0.25) is 5.02 Å². The van der Waals surface area contributed by atoms with Gasteiger partial charge in [0, 0.05) is 11.1 Å². The number of rotatable bonds is 6. The molecule has 3 nitrogen and oxygen atoms in total. The number of ketones is 1. The minimum Gasteiger partial charge on any atom is -0.477 e. The van der Waals surface area contributed by atoms with Crippen molar-refractivity contribution >= 4 is 17.4 Å². The molecule has 0 heterocycles. The summed E-state index contributed by atoms with van der Waals surface area (Å²) in [6, 6.07) is 11.9. The summed E-state index contributed by atoms with van der Waals surface area (Å²) in [6.45, 7) is 0.0455. The van der Waals surface area contributed by atoms with Crippen LogP contribution in [-0.4, -0.2) is 19.0 Å². The van der Waals surface area contributed by atoms with Gasteiger partial charge in [-0.2, -0.15) is 0 Å². The molecule has 0 saturated heterocycles. The van der Waals surface area contributed by atoms with Crippen molar-refractivity contribution in [2.24, 2.45) is 0 Å². The lowest BCUT2D eigenvalue weighted by molar-refractivity contribution is 0.103. The number of carbonyl (C=O) groups excluding carboxylic acids is 1. The third kappa shape index (κ3) is 4.07. The molecule has 0 amide bonds. The van der Waals surface area contributed by atoms with Crippen LogP contribution in [0.4, 0.5) is 0 Å². The molecule has 0 aliphatic heterocycles.